The van der Waals surface area contributed by atoms with Gasteiger partial charge in [0, 0.05) is 34.5 Å². The standard InChI is InChI=1S/C26H21ClN2OS/c1-26(2)19-8-4-6-10-21(19)29(3)23(26)13-12-16-14-17(27)15-18(24(16)30)25-28-20-9-5-7-11-22(20)31-25/h4-15H,1-3H3/b16-12+,23-13+. The lowest BCUT2D eigenvalue weighted by atomic mass is 9.83. The van der Waals surface area contributed by atoms with Crippen LogP contribution in [0.2, 0.25) is 0 Å². The Kier molecular flexibility index (Phi) is 4.72. The van der Waals surface area contributed by atoms with Crippen molar-refractivity contribution >= 4 is 50.2 Å². The molecule has 0 radical (unpaired) electrons. The number of Topliss-reactive ketones (excluding diaryl/α,β-unsaturated/α-hetero) is 1. The summed E-state index contributed by atoms with van der Waals surface area (Å²) >= 11 is 7.92. The number of ketones is 1. The Bertz CT molecular complexity index is 1320. The number of likely N-dealkylation sites (N-methyl/N-ethyl adjacent to an activating group) is 1. The molecular formula is C26H21ClN2OS. The lowest BCUT2D eigenvalue weighted by molar-refractivity contribution is -0.110. The van der Waals surface area contributed by atoms with Crippen molar-refractivity contribution in [2.24, 2.45) is 0 Å². The quantitative estimate of drug-likeness (QED) is 0.416. The van der Waals surface area contributed by atoms with Gasteiger partial charge in [-0.1, -0.05) is 55.8 Å². The van der Waals surface area contributed by atoms with E-state index in [-0.39, 0.29) is 11.2 Å². The Morgan fingerprint density at radius 1 is 1.03 bits per heavy atom. The molecule has 3 nitrogen and oxygen atoms in total. The fourth-order valence-corrected chi connectivity index (χ4v) is 5.56. The third-order valence-corrected chi connectivity index (χ3v) is 7.26. The highest BCUT2D eigenvalue weighted by molar-refractivity contribution is 7.19. The molecule has 5 heteroatoms. The average Bonchev–Trinajstić information content (AvgIpc) is 3.26. The van der Waals surface area contributed by atoms with Crippen LogP contribution in [0.25, 0.3) is 15.8 Å². The SMILES string of the molecule is CN1/C(=C/C=C2\C=C(Cl)C=C(c3nc4ccccc4s3)C2=O)C(C)(C)c2ccccc21. The molecule has 0 saturated heterocycles. The summed E-state index contributed by atoms with van der Waals surface area (Å²) in [6.45, 7) is 4.41. The van der Waals surface area contributed by atoms with Gasteiger partial charge in [-0.05, 0) is 48.1 Å². The minimum Gasteiger partial charge on any atom is -0.347 e. The molecule has 0 N–H and O–H groups in total. The van der Waals surface area contributed by atoms with Gasteiger partial charge in [-0.25, -0.2) is 4.98 Å². The number of hydrogen-bond acceptors (Lipinski definition) is 4. The summed E-state index contributed by atoms with van der Waals surface area (Å²) in [5.41, 5.74) is 5.45. The Balaban J connectivity index is 1.53. The van der Waals surface area contributed by atoms with Gasteiger partial charge in [0.15, 0.2) is 5.78 Å². The molecule has 3 aromatic rings. The number of rotatable bonds is 2. The molecular weight excluding hydrogens is 424 g/mol. The Morgan fingerprint density at radius 3 is 2.55 bits per heavy atom. The van der Waals surface area contributed by atoms with Gasteiger partial charge in [0.2, 0.25) is 0 Å². The fraction of sp³-hybridized carbons (Fsp3) is 0.154. The molecule has 0 bridgehead atoms. The highest BCUT2D eigenvalue weighted by Gasteiger charge is 2.37. The summed E-state index contributed by atoms with van der Waals surface area (Å²) in [7, 11) is 2.07. The van der Waals surface area contributed by atoms with Gasteiger partial charge in [0.1, 0.15) is 5.01 Å². The number of hydrogen-bond donors (Lipinski definition) is 0. The van der Waals surface area contributed by atoms with Crippen LogP contribution in [0, 0.1) is 0 Å². The third kappa shape index (κ3) is 3.27. The van der Waals surface area contributed by atoms with Crippen LogP contribution in [0.1, 0.15) is 24.4 Å². The molecule has 31 heavy (non-hydrogen) atoms. The molecule has 5 rings (SSSR count). The van der Waals surface area contributed by atoms with E-state index in [4.69, 9.17) is 11.6 Å². The molecule has 1 aliphatic carbocycles. The van der Waals surface area contributed by atoms with Crippen molar-refractivity contribution in [1.29, 1.82) is 0 Å². The van der Waals surface area contributed by atoms with Gasteiger partial charge in [-0.2, -0.15) is 0 Å². The number of thiazole rings is 1. The minimum atomic E-state index is -0.153. The molecule has 1 aliphatic heterocycles. The first-order valence-corrected chi connectivity index (χ1v) is 11.3. The van der Waals surface area contributed by atoms with E-state index in [1.54, 1.807) is 12.2 Å². The zero-order valence-corrected chi connectivity index (χ0v) is 19.1. The molecule has 2 aliphatic rings. The summed E-state index contributed by atoms with van der Waals surface area (Å²) in [5, 5.41) is 1.22. The first kappa shape index (κ1) is 20.0. The number of fused-ring (bicyclic) bond motifs is 2. The van der Waals surface area contributed by atoms with Crippen molar-refractivity contribution < 1.29 is 4.79 Å². The monoisotopic (exact) mass is 444 g/mol. The van der Waals surface area contributed by atoms with E-state index in [0.29, 0.717) is 21.2 Å². The van der Waals surface area contributed by atoms with Crippen LogP contribution < -0.4 is 4.90 Å². The van der Waals surface area contributed by atoms with Crippen molar-refractivity contribution in [2.45, 2.75) is 19.3 Å². The van der Waals surface area contributed by atoms with E-state index >= 15 is 0 Å². The zero-order chi connectivity index (χ0) is 21.8. The maximum atomic E-state index is 13.3. The van der Waals surface area contributed by atoms with E-state index in [0.717, 1.165) is 15.9 Å². The van der Waals surface area contributed by atoms with Gasteiger partial charge in [-0.3, -0.25) is 4.79 Å². The second-order valence-corrected chi connectivity index (χ2v) is 9.75. The molecule has 154 valence electrons. The normalized spacial score (nSPS) is 20.4. The lowest BCUT2D eigenvalue weighted by Crippen LogP contribution is -2.22. The van der Waals surface area contributed by atoms with Crippen molar-refractivity contribution in [2.75, 3.05) is 11.9 Å². The minimum absolute atomic E-state index is 0.0590. The van der Waals surface area contributed by atoms with E-state index in [1.165, 1.54) is 22.6 Å². The van der Waals surface area contributed by atoms with E-state index in [2.05, 4.69) is 55.0 Å². The summed E-state index contributed by atoms with van der Waals surface area (Å²) in [6, 6.07) is 16.3. The molecule has 0 amide bonds. The highest BCUT2D eigenvalue weighted by Crippen LogP contribution is 2.46. The number of carbonyl (C=O) groups excluding carboxylic acids is 1. The first-order valence-electron chi connectivity index (χ1n) is 10.1. The van der Waals surface area contributed by atoms with Gasteiger partial charge in [-0.15, -0.1) is 11.3 Å². The molecule has 0 atom stereocenters. The number of anilines is 1. The number of carbonyl (C=O) groups is 1. The largest absolute Gasteiger partial charge is 0.347 e. The van der Waals surface area contributed by atoms with E-state index in [1.807, 2.05) is 36.4 Å². The predicted octanol–water partition coefficient (Wildman–Crippen LogP) is 6.62. The van der Waals surface area contributed by atoms with Gasteiger partial charge in [0.25, 0.3) is 0 Å². The maximum Gasteiger partial charge on any atom is 0.196 e. The summed E-state index contributed by atoms with van der Waals surface area (Å²) in [6.07, 6.45) is 7.36. The van der Waals surface area contributed by atoms with Gasteiger partial charge < -0.3 is 4.90 Å². The molecule has 0 spiro atoms. The van der Waals surface area contributed by atoms with Crippen LogP contribution in [0.4, 0.5) is 5.69 Å². The molecule has 2 heterocycles. The fourth-order valence-electron chi connectivity index (χ4n) is 4.36. The summed E-state index contributed by atoms with van der Waals surface area (Å²) in [5.74, 6) is -0.0590. The predicted molar refractivity (Wildman–Crippen MR) is 131 cm³/mol. The molecule has 1 aromatic heterocycles. The molecule has 0 saturated carbocycles. The maximum absolute atomic E-state index is 13.3. The highest BCUT2D eigenvalue weighted by atomic mass is 35.5. The number of benzene rings is 2. The van der Waals surface area contributed by atoms with Gasteiger partial charge >= 0.3 is 0 Å². The Labute approximate surface area is 190 Å². The van der Waals surface area contributed by atoms with Crippen molar-refractivity contribution in [3.63, 3.8) is 0 Å². The smallest absolute Gasteiger partial charge is 0.196 e. The molecule has 0 unspecified atom stereocenters. The van der Waals surface area contributed by atoms with E-state index < -0.39 is 0 Å². The summed E-state index contributed by atoms with van der Waals surface area (Å²) < 4.78 is 1.05. The summed E-state index contributed by atoms with van der Waals surface area (Å²) in [4.78, 5) is 20.1. The average molecular weight is 445 g/mol. The van der Waals surface area contributed by atoms with Crippen LogP contribution in [0.3, 0.4) is 0 Å². The number of nitrogens with zero attached hydrogens (tertiary/aromatic N) is 2. The van der Waals surface area contributed by atoms with Crippen LogP contribution in [0.5, 0.6) is 0 Å². The molecule has 2 aromatic carbocycles. The number of halogens is 1. The first-order chi connectivity index (χ1) is 14.9. The Morgan fingerprint density at radius 2 is 1.77 bits per heavy atom. The van der Waals surface area contributed by atoms with Crippen LogP contribution in [-0.2, 0) is 10.2 Å². The van der Waals surface area contributed by atoms with Crippen LogP contribution >= 0.6 is 22.9 Å². The second kappa shape index (κ2) is 7.33. The van der Waals surface area contributed by atoms with Crippen molar-refractivity contribution in [3.8, 4) is 0 Å². The van der Waals surface area contributed by atoms with Crippen molar-refractivity contribution in [3.05, 3.63) is 99.7 Å². The number of allylic oxidation sites excluding steroid dienone is 8. The topological polar surface area (TPSA) is 33.2 Å². The number of para-hydroxylation sites is 2. The third-order valence-electron chi connectivity index (χ3n) is 5.97. The van der Waals surface area contributed by atoms with E-state index in [9.17, 15) is 4.79 Å². The zero-order valence-electron chi connectivity index (χ0n) is 17.5. The Hall–Kier alpha value is -2.95. The van der Waals surface area contributed by atoms with Crippen molar-refractivity contribution in [1.82, 2.24) is 4.98 Å². The number of aromatic nitrogens is 1. The van der Waals surface area contributed by atoms with Crippen LogP contribution in [-0.4, -0.2) is 17.8 Å². The second-order valence-electron chi connectivity index (χ2n) is 8.28. The van der Waals surface area contributed by atoms with Crippen LogP contribution in [0.15, 0.2) is 89.1 Å². The lowest BCUT2D eigenvalue weighted by Gasteiger charge is -2.24. The molecule has 0 fully saturated rings. The van der Waals surface area contributed by atoms with Gasteiger partial charge in [0.05, 0.1) is 15.8 Å².